The molecular formula is C14H15ClN4S2. The minimum Gasteiger partial charge on any atom is -0.186 e. The summed E-state index contributed by atoms with van der Waals surface area (Å²) >= 11 is 9.36. The molecule has 21 heavy (non-hydrogen) atoms. The Kier molecular flexibility index (Phi) is 4.77. The summed E-state index contributed by atoms with van der Waals surface area (Å²) in [7, 11) is 0. The summed E-state index contributed by atoms with van der Waals surface area (Å²) < 4.78 is 1.87. The van der Waals surface area contributed by atoms with Crippen LogP contribution in [0.4, 0.5) is 0 Å². The minimum atomic E-state index is 0.757. The standard InChI is InChI=1S/C14H15ClN4S2/c1-2-7-20-9-12-16-17-14-19(12)18-13(21-14)8-10-3-5-11(15)6-4-10/h3-6H,2,7-9H2,1H3. The van der Waals surface area contributed by atoms with E-state index in [-0.39, 0.29) is 0 Å². The molecule has 3 rings (SSSR count). The second-order valence-electron chi connectivity index (χ2n) is 4.66. The maximum atomic E-state index is 5.90. The average Bonchev–Trinajstić information content (AvgIpc) is 3.03. The van der Waals surface area contributed by atoms with Crippen LogP contribution in [-0.4, -0.2) is 25.6 Å². The van der Waals surface area contributed by atoms with Crippen LogP contribution < -0.4 is 0 Å². The number of aromatic nitrogens is 4. The van der Waals surface area contributed by atoms with Crippen molar-refractivity contribution in [2.24, 2.45) is 0 Å². The quantitative estimate of drug-likeness (QED) is 0.635. The van der Waals surface area contributed by atoms with E-state index >= 15 is 0 Å². The van der Waals surface area contributed by atoms with Crippen LogP contribution in [-0.2, 0) is 12.2 Å². The highest BCUT2D eigenvalue weighted by atomic mass is 35.5. The zero-order chi connectivity index (χ0) is 14.7. The van der Waals surface area contributed by atoms with Crippen molar-refractivity contribution in [1.29, 1.82) is 0 Å². The molecule has 4 nitrogen and oxygen atoms in total. The van der Waals surface area contributed by atoms with Gasteiger partial charge < -0.3 is 0 Å². The molecule has 0 spiro atoms. The van der Waals surface area contributed by atoms with Crippen LogP contribution in [0.5, 0.6) is 0 Å². The molecule has 0 aliphatic carbocycles. The SMILES string of the molecule is CCCSCc1nnc2sc(Cc3ccc(Cl)cc3)nn12. The van der Waals surface area contributed by atoms with Crippen molar-refractivity contribution in [3.63, 3.8) is 0 Å². The van der Waals surface area contributed by atoms with Crippen molar-refractivity contribution in [3.8, 4) is 0 Å². The zero-order valence-electron chi connectivity index (χ0n) is 11.6. The van der Waals surface area contributed by atoms with Gasteiger partial charge >= 0.3 is 0 Å². The van der Waals surface area contributed by atoms with Gasteiger partial charge in [-0.15, -0.1) is 10.2 Å². The molecule has 0 saturated carbocycles. The lowest BCUT2D eigenvalue weighted by Gasteiger charge is -1.98. The fraction of sp³-hybridized carbons (Fsp3) is 0.357. The molecule has 0 N–H and O–H groups in total. The fourth-order valence-corrected chi connectivity index (χ4v) is 3.75. The van der Waals surface area contributed by atoms with Gasteiger partial charge in [0.05, 0.1) is 5.75 Å². The van der Waals surface area contributed by atoms with E-state index < -0.39 is 0 Å². The van der Waals surface area contributed by atoms with E-state index in [9.17, 15) is 0 Å². The van der Waals surface area contributed by atoms with Gasteiger partial charge in [0, 0.05) is 11.4 Å². The van der Waals surface area contributed by atoms with E-state index in [1.807, 2.05) is 40.5 Å². The molecule has 110 valence electrons. The van der Waals surface area contributed by atoms with Crippen molar-refractivity contribution >= 4 is 39.7 Å². The second kappa shape index (κ2) is 6.77. The molecule has 7 heteroatoms. The summed E-state index contributed by atoms with van der Waals surface area (Å²) in [5.41, 5.74) is 1.20. The lowest BCUT2D eigenvalue weighted by molar-refractivity contribution is 0.855. The number of halogens is 1. The number of thioether (sulfide) groups is 1. The molecule has 0 amide bonds. The highest BCUT2D eigenvalue weighted by molar-refractivity contribution is 7.98. The lowest BCUT2D eigenvalue weighted by Crippen LogP contribution is -1.96. The van der Waals surface area contributed by atoms with Gasteiger partial charge in [-0.2, -0.15) is 21.4 Å². The van der Waals surface area contributed by atoms with E-state index in [4.69, 9.17) is 11.6 Å². The van der Waals surface area contributed by atoms with Crippen molar-refractivity contribution in [2.75, 3.05) is 5.75 Å². The summed E-state index contributed by atoms with van der Waals surface area (Å²) in [6.07, 6.45) is 1.97. The molecule has 1 aromatic carbocycles. The molecule has 3 aromatic rings. The predicted octanol–water partition coefficient (Wildman–Crippen LogP) is 4.07. The molecule has 2 heterocycles. The van der Waals surface area contributed by atoms with Gasteiger partial charge in [0.15, 0.2) is 5.82 Å². The second-order valence-corrected chi connectivity index (χ2v) is 7.24. The number of rotatable bonds is 6. The Labute approximate surface area is 136 Å². The number of benzene rings is 1. The Bertz CT molecular complexity index is 720. The van der Waals surface area contributed by atoms with Crippen molar-refractivity contribution in [2.45, 2.75) is 25.5 Å². The van der Waals surface area contributed by atoms with Gasteiger partial charge in [-0.05, 0) is 29.9 Å². The van der Waals surface area contributed by atoms with E-state index in [2.05, 4.69) is 22.2 Å². The van der Waals surface area contributed by atoms with Gasteiger partial charge in [-0.25, -0.2) is 0 Å². The van der Waals surface area contributed by atoms with E-state index in [1.54, 1.807) is 11.3 Å². The molecule has 2 aromatic heterocycles. The minimum absolute atomic E-state index is 0.757. The molecule has 0 radical (unpaired) electrons. The highest BCUT2D eigenvalue weighted by Gasteiger charge is 2.11. The van der Waals surface area contributed by atoms with E-state index in [0.29, 0.717) is 0 Å². The number of fused-ring (bicyclic) bond motifs is 1. The Hall–Kier alpha value is -1.11. The summed E-state index contributed by atoms with van der Waals surface area (Å²) in [6, 6.07) is 7.87. The van der Waals surface area contributed by atoms with Crippen LogP contribution in [0.3, 0.4) is 0 Å². The number of nitrogens with zero attached hydrogens (tertiary/aromatic N) is 4. The van der Waals surface area contributed by atoms with Crippen molar-refractivity contribution in [3.05, 3.63) is 45.7 Å². The first-order valence-corrected chi connectivity index (χ1v) is 9.13. The van der Waals surface area contributed by atoms with Gasteiger partial charge in [0.2, 0.25) is 4.96 Å². The Morgan fingerprint density at radius 1 is 1.24 bits per heavy atom. The first kappa shape index (κ1) is 14.8. The molecular weight excluding hydrogens is 324 g/mol. The third-order valence-corrected chi connectivity index (χ3v) is 5.26. The maximum absolute atomic E-state index is 5.90. The molecule has 0 aliphatic rings. The summed E-state index contributed by atoms with van der Waals surface area (Å²) in [6.45, 7) is 2.18. The largest absolute Gasteiger partial charge is 0.234 e. The molecule has 0 atom stereocenters. The van der Waals surface area contributed by atoms with Crippen LogP contribution >= 0.6 is 34.7 Å². The molecule has 0 saturated heterocycles. The monoisotopic (exact) mass is 338 g/mol. The first-order chi connectivity index (χ1) is 10.3. The van der Waals surface area contributed by atoms with E-state index in [0.717, 1.165) is 38.7 Å². The van der Waals surface area contributed by atoms with Gasteiger partial charge in [0.25, 0.3) is 0 Å². The third kappa shape index (κ3) is 3.56. The first-order valence-electron chi connectivity index (χ1n) is 6.78. The summed E-state index contributed by atoms with van der Waals surface area (Å²) in [5, 5.41) is 14.9. The summed E-state index contributed by atoms with van der Waals surface area (Å²) in [4.78, 5) is 0.867. The lowest BCUT2D eigenvalue weighted by atomic mass is 10.2. The fourth-order valence-electron chi connectivity index (χ4n) is 1.94. The normalized spacial score (nSPS) is 11.3. The number of hydrogen-bond acceptors (Lipinski definition) is 5. The van der Waals surface area contributed by atoms with Crippen LogP contribution in [0.2, 0.25) is 5.02 Å². The zero-order valence-corrected chi connectivity index (χ0v) is 14.0. The molecule has 0 bridgehead atoms. The van der Waals surface area contributed by atoms with E-state index in [1.165, 1.54) is 12.0 Å². The maximum Gasteiger partial charge on any atom is 0.234 e. The van der Waals surface area contributed by atoms with Crippen LogP contribution in [0.1, 0.15) is 29.7 Å². The Morgan fingerprint density at radius 3 is 2.81 bits per heavy atom. The van der Waals surface area contributed by atoms with Crippen LogP contribution in [0, 0.1) is 0 Å². The molecule has 0 fully saturated rings. The Morgan fingerprint density at radius 2 is 2.05 bits per heavy atom. The Balaban J connectivity index is 1.76. The van der Waals surface area contributed by atoms with Gasteiger partial charge in [-0.1, -0.05) is 42.0 Å². The van der Waals surface area contributed by atoms with Gasteiger partial charge in [0.1, 0.15) is 5.01 Å². The van der Waals surface area contributed by atoms with Crippen LogP contribution in [0.25, 0.3) is 4.96 Å². The average molecular weight is 339 g/mol. The van der Waals surface area contributed by atoms with Crippen molar-refractivity contribution in [1.82, 2.24) is 19.8 Å². The smallest absolute Gasteiger partial charge is 0.186 e. The van der Waals surface area contributed by atoms with Crippen LogP contribution in [0.15, 0.2) is 24.3 Å². The van der Waals surface area contributed by atoms with Gasteiger partial charge in [-0.3, -0.25) is 0 Å². The number of hydrogen-bond donors (Lipinski definition) is 0. The third-order valence-electron chi connectivity index (χ3n) is 2.95. The highest BCUT2D eigenvalue weighted by Crippen LogP contribution is 2.20. The predicted molar refractivity (Wildman–Crippen MR) is 89.4 cm³/mol. The van der Waals surface area contributed by atoms with Crippen molar-refractivity contribution < 1.29 is 0 Å². The molecule has 0 unspecified atom stereocenters. The summed E-state index contributed by atoms with van der Waals surface area (Å²) in [5.74, 6) is 2.93. The molecule has 0 aliphatic heterocycles. The topological polar surface area (TPSA) is 43.1 Å².